The fourth-order valence-corrected chi connectivity index (χ4v) is 4.63. The maximum atomic E-state index is 12.6. The molecule has 9 nitrogen and oxygen atoms in total. The van der Waals surface area contributed by atoms with Crippen molar-refractivity contribution >= 4 is 29.8 Å². The van der Waals surface area contributed by atoms with Gasteiger partial charge in [0.05, 0.1) is 12.4 Å². The quantitative estimate of drug-likeness (QED) is 0.326. The summed E-state index contributed by atoms with van der Waals surface area (Å²) in [5, 5.41) is 11.3. The van der Waals surface area contributed by atoms with E-state index in [0.717, 1.165) is 68.0 Å². The Morgan fingerprint density at radius 2 is 1.97 bits per heavy atom. The maximum absolute atomic E-state index is 12.6. The zero-order valence-corrected chi connectivity index (χ0v) is 22.0. The number of carbonyl (C=O) groups excluding carboxylic acids is 1. The fraction of sp³-hybridized carbons (Fsp3) is 0.357. The van der Waals surface area contributed by atoms with Gasteiger partial charge in [0.1, 0.15) is 11.6 Å². The van der Waals surface area contributed by atoms with Gasteiger partial charge in [0, 0.05) is 49.2 Å². The number of hydrogen-bond donors (Lipinski definition) is 2. The molecule has 1 aliphatic carbocycles. The van der Waals surface area contributed by atoms with Gasteiger partial charge in [0.15, 0.2) is 5.65 Å². The molecule has 1 saturated heterocycles. The van der Waals surface area contributed by atoms with Crippen LogP contribution in [-0.4, -0.2) is 51.3 Å². The van der Waals surface area contributed by atoms with Crippen LogP contribution in [0.25, 0.3) is 16.8 Å². The number of amides is 1. The van der Waals surface area contributed by atoms with Gasteiger partial charge in [-0.3, -0.25) is 9.78 Å². The van der Waals surface area contributed by atoms with E-state index in [2.05, 4.69) is 20.7 Å². The Morgan fingerprint density at radius 1 is 1.13 bits per heavy atom. The number of pyridine rings is 1. The predicted octanol–water partition coefficient (Wildman–Crippen LogP) is 5.04. The van der Waals surface area contributed by atoms with Crippen molar-refractivity contribution in [3.63, 3.8) is 0 Å². The van der Waals surface area contributed by atoms with Gasteiger partial charge in [-0.25, -0.2) is 0 Å². The second kappa shape index (κ2) is 11.4. The van der Waals surface area contributed by atoms with Crippen molar-refractivity contribution in [1.29, 1.82) is 0 Å². The number of aromatic nitrogens is 4. The highest BCUT2D eigenvalue weighted by Crippen LogP contribution is 2.31. The maximum Gasteiger partial charge on any atom is 0.251 e. The Balaban J connectivity index is 0.00000294. The van der Waals surface area contributed by atoms with E-state index < -0.39 is 0 Å². The lowest BCUT2D eigenvalue weighted by Crippen LogP contribution is -2.26. The van der Waals surface area contributed by atoms with Crippen LogP contribution in [0.3, 0.4) is 0 Å². The third-order valence-electron chi connectivity index (χ3n) is 6.91. The molecule has 10 heteroatoms. The van der Waals surface area contributed by atoms with Crippen LogP contribution in [0.4, 0.5) is 5.82 Å². The van der Waals surface area contributed by atoms with E-state index >= 15 is 0 Å². The SMILES string of the molecule is Cc1cc(-c2cnn3c(NCC4CCOCC4)cc(Oc4cccnc4)nc23)ccc1C(=O)NC1CC1.Cl. The summed E-state index contributed by atoms with van der Waals surface area (Å²) in [7, 11) is 0. The van der Waals surface area contributed by atoms with E-state index in [1.807, 2.05) is 54.0 Å². The minimum Gasteiger partial charge on any atom is -0.437 e. The number of aryl methyl sites for hydroxylation is 1. The molecule has 0 atom stereocenters. The summed E-state index contributed by atoms with van der Waals surface area (Å²) in [6.45, 7) is 4.37. The monoisotopic (exact) mass is 534 g/mol. The first kappa shape index (κ1) is 25.9. The molecule has 1 aliphatic heterocycles. The lowest BCUT2D eigenvalue weighted by Gasteiger charge is -2.22. The number of hydrogen-bond acceptors (Lipinski definition) is 7. The zero-order chi connectivity index (χ0) is 25.2. The average Bonchev–Trinajstić information content (AvgIpc) is 3.63. The van der Waals surface area contributed by atoms with Crippen LogP contribution < -0.4 is 15.4 Å². The van der Waals surface area contributed by atoms with E-state index in [0.29, 0.717) is 34.8 Å². The molecule has 1 aromatic carbocycles. The van der Waals surface area contributed by atoms with E-state index in [1.165, 1.54) is 0 Å². The van der Waals surface area contributed by atoms with Gasteiger partial charge in [-0.1, -0.05) is 12.1 Å². The molecule has 0 radical (unpaired) electrons. The molecule has 4 aromatic rings. The summed E-state index contributed by atoms with van der Waals surface area (Å²) in [6, 6.07) is 11.7. The first-order chi connectivity index (χ1) is 18.1. The molecule has 2 fully saturated rings. The molecule has 1 amide bonds. The molecular weight excluding hydrogens is 504 g/mol. The van der Waals surface area contributed by atoms with Crippen LogP contribution in [-0.2, 0) is 4.74 Å². The third kappa shape index (κ3) is 5.74. The molecule has 3 aromatic heterocycles. The van der Waals surface area contributed by atoms with E-state index in [4.69, 9.17) is 14.5 Å². The number of ether oxygens (including phenoxy) is 2. The number of nitrogens with one attached hydrogen (secondary N) is 2. The van der Waals surface area contributed by atoms with Crippen molar-refractivity contribution in [2.24, 2.45) is 5.92 Å². The molecule has 2 N–H and O–H groups in total. The van der Waals surface area contributed by atoms with Crippen LogP contribution in [0.2, 0.25) is 0 Å². The Kier molecular flexibility index (Phi) is 7.76. The van der Waals surface area contributed by atoms with Crippen molar-refractivity contribution in [3.8, 4) is 22.8 Å². The first-order valence-electron chi connectivity index (χ1n) is 12.8. The molecule has 0 unspecified atom stereocenters. The normalized spacial score (nSPS) is 15.6. The highest BCUT2D eigenvalue weighted by molar-refractivity contribution is 5.97. The number of rotatable bonds is 8. The van der Waals surface area contributed by atoms with Crippen molar-refractivity contribution in [3.05, 3.63) is 66.1 Å². The average molecular weight is 535 g/mol. The molecule has 0 bridgehead atoms. The first-order valence-corrected chi connectivity index (χ1v) is 12.8. The minimum absolute atomic E-state index is 0. The molecule has 4 heterocycles. The van der Waals surface area contributed by atoms with Gasteiger partial charge >= 0.3 is 0 Å². The largest absolute Gasteiger partial charge is 0.437 e. The number of benzene rings is 1. The summed E-state index contributed by atoms with van der Waals surface area (Å²) < 4.78 is 13.4. The Bertz CT molecular complexity index is 1420. The standard InChI is InChI=1S/C28H30N6O3.ClH/c1-18-13-20(4-7-23(18)28(35)32-21-5-6-21)24-17-31-34-25(30-15-19-8-11-36-12-9-19)14-26(33-27(24)34)37-22-3-2-10-29-16-22;/h2-4,7,10,13-14,16-17,19,21,30H,5-6,8-9,11-12,15H2,1H3,(H,32,35);1H. The Labute approximate surface area is 227 Å². The number of halogens is 1. The van der Waals surface area contributed by atoms with Crippen LogP contribution in [0, 0.1) is 12.8 Å². The molecule has 198 valence electrons. The molecule has 38 heavy (non-hydrogen) atoms. The number of carbonyl (C=O) groups is 1. The van der Waals surface area contributed by atoms with Gasteiger partial charge in [0.2, 0.25) is 5.88 Å². The van der Waals surface area contributed by atoms with Crippen molar-refractivity contribution in [2.45, 2.75) is 38.6 Å². The number of fused-ring (bicyclic) bond motifs is 1. The summed E-state index contributed by atoms with van der Waals surface area (Å²) in [5.41, 5.74) is 4.08. The molecule has 2 aliphatic rings. The second-order valence-electron chi connectivity index (χ2n) is 9.78. The lowest BCUT2D eigenvalue weighted by atomic mass is 10.0. The Hall–Kier alpha value is -3.69. The summed E-state index contributed by atoms with van der Waals surface area (Å²) in [4.78, 5) is 21.6. The van der Waals surface area contributed by atoms with Gasteiger partial charge in [-0.05, 0) is 67.9 Å². The zero-order valence-electron chi connectivity index (χ0n) is 21.2. The van der Waals surface area contributed by atoms with Crippen LogP contribution in [0.15, 0.2) is 55.0 Å². The predicted molar refractivity (Wildman–Crippen MR) is 147 cm³/mol. The summed E-state index contributed by atoms with van der Waals surface area (Å²) in [6.07, 6.45) is 9.36. The van der Waals surface area contributed by atoms with E-state index in [-0.39, 0.29) is 18.3 Å². The molecule has 0 spiro atoms. The van der Waals surface area contributed by atoms with Crippen molar-refractivity contribution in [2.75, 3.05) is 25.1 Å². The van der Waals surface area contributed by atoms with Crippen molar-refractivity contribution < 1.29 is 14.3 Å². The van der Waals surface area contributed by atoms with E-state index in [9.17, 15) is 4.79 Å². The van der Waals surface area contributed by atoms with Crippen LogP contribution >= 0.6 is 12.4 Å². The van der Waals surface area contributed by atoms with Gasteiger partial charge in [-0.15, -0.1) is 12.4 Å². The van der Waals surface area contributed by atoms with Crippen LogP contribution in [0.5, 0.6) is 11.6 Å². The highest BCUT2D eigenvalue weighted by atomic mass is 35.5. The third-order valence-corrected chi connectivity index (χ3v) is 6.91. The fourth-order valence-electron chi connectivity index (χ4n) is 4.63. The van der Waals surface area contributed by atoms with Crippen molar-refractivity contribution in [1.82, 2.24) is 24.9 Å². The van der Waals surface area contributed by atoms with Gasteiger partial charge in [0.25, 0.3) is 5.91 Å². The number of nitrogens with zero attached hydrogens (tertiary/aromatic N) is 4. The summed E-state index contributed by atoms with van der Waals surface area (Å²) in [5.74, 6) is 2.38. The number of anilines is 1. The highest BCUT2D eigenvalue weighted by Gasteiger charge is 2.25. The molecule has 6 rings (SSSR count). The smallest absolute Gasteiger partial charge is 0.251 e. The lowest BCUT2D eigenvalue weighted by molar-refractivity contribution is 0.0699. The van der Waals surface area contributed by atoms with Gasteiger partial charge in [-0.2, -0.15) is 14.6 Å². The van der Waals surface area contributed by atoms with Gasteiger partial charge < -0.3 is 20.1 Å². The van der Waals surface area contributed by atoms with E-state index in [1.54, 1.807) is 12.4 Å². The Morgan fingerprint density at radius 3 is 2.71 bits per heavy atom. The molecular formula is C28H31ClN6O3. The van der Waals surface area contributed by atoms with Crippen LogP contribution in [0.1, 0.15) is 41.6 Å². The topological polar surface area (TPSA) is 103 Å². The molecule has 1 saturated carbocycles. The minimum atomic E-state index is -0.0173. The second-order valence-corrected chi connectivity index (χ2v) is 9.78. The summed E-state index contributed by atoms with van der Waals surface area (Å²) >= 11 is 0.